The molecule has 140 heavy (non-hydrogen) atoms. The predicted octanol–water partition coefficient (Wildman–Crippen LogP) is 36.6. The maximum Gasteiger partial charge on any atom is 0.0714 e. The molecule has 2 heterocycles. The second-order valence-electron chi connectivity index (χ2n) is 35.9. The van der Waals surface area contributed by atoms with Crippen LogP contribution in [0.1, 0.15) is 51.9 Å². The number of nitrogens with one attached hydrogen (secondary N) is 1. The van der Waals surface area contributed by atoms with E-state index in [0.717, 1.165) is 38.6 Å². The Balaban J connectivity index is 0.000000129. The number of aromatic nitrogens is 2. The number of para-hydroxylation sites is 4. The van der Waals surface area contributed by atoms with Crippen LogP contribution in [-0.4, -0.2) is 9.13 Å². The van der Waals surface area contributed by atoms with Crippen molar-refractivity contribution >= 4 is 88.0 Å². The first-order chi connectivity index (χ1) is 68.8. The Hall–Kier alpha value is -17.5. The van der Waals surface area contributed by atoms with Gasteiger partial charge in [0.25, 0.3) is 0 Å². The summed E-state index contributed by atoms with van der Waals surface area (Å²) in [5, 5.41) is 8.62. The van der Waals surface area contributed by atoms with Gasteiger partial charge in [0.05, 0.1) is 32.9 Å². The molecule has 0 saturated heterocycles. The second kappa shape index (κ2) is 37.7. The van der Waals surface area contributed by atoms with Gasteiger partial charge in [0.1, 0.15) is 0 Å². The summed E-state index contributed by atoms with van der Waals surface area (Å²) in [5.41, 5.74) is 41.8. The van der Waals surface area contributed by atoms with Crippen LogP contribution in [-0.2, 0) is 10.8 Å². The summed E-state index contributed by atoms with van der Waals surface area (Å²) in [7, 11) is 0. The van der Waals surface area contributed by atoms with Gasteiger partial charge in [0, 0.05) is 65.8 Å². The van der Waals surface area contributed by atoms with Crippen molar-refractivity contribution in [1.29, 1.82) is 0 Å². The van der Waals surface area contributed by atoms with Gasteiger partial charge in [0.15, 0.2) is 0 Å². The van der Waals surface area contributed by atoms with Crippen LogP contribution >= 0.6 is 15.9 Å². The molecule has 26 rings (SSSR count). The van der Waals surface area contributed by atoms with E-state index in [2.05, 4.69) is 587 Å². The Kier molecular flexibility index (Phi) is 23.3. The molecule has 0 fully saturated rings. The van der Waals surface area contributed by atoms with E-state index in [0.29, 0.717) is 0 Å². The van der Waals surface area contributed by atoms with Crippen LogP contribution < -0.4 is 10.2 Å². The van der Waals surface area contributed by atoms with E-state index in [4.69, 9.17) is 0 Å². The van der Waals surface area contributed by atoms with E-state index in [1.165, 1.54) is 183 Å². The molecule has 0 unspecified atom stereocenters. The highest BCUT2D eigenvalue weighted by Crippen LogP contribution is 2.60. The van der Waals surface area contributed by atoms with E-state index >= 15 is 0 Å². The Morgan fingerprint density at radius 1 is 0.186 bits per heavy atom. The molecular formula is C135H97BrN4. The summed E-state index contributed by atoms with van der Waals surface area (Å²) in [6, 6.07) is 202. The number of hydrogen-bond acceptors (Lipinski definition) is 2. The molecule has 5 heteroatoms. The van der Waals surface area contributed by atoms with Crippen LogP contribution in [0.15, 0.2) is 563 Å². The molecule has 0 spiro atoms. The number of halogens is 1. The van der Waals surface area contributed by atoms with E-state index in [1.54, 1.807) is 0 Å². The fourth-order valence-corrected chi connectivity index (χ4v) is 22.0. The Bertz CT molecular complexity index is 8500. The Morgan fingerprint density at radius 2 is 0.479 bits per heavy atom. The quantitative estimate of drug-likeness (QED) is 0.0983. The van der Waals surface area contributed by atoms with E-state index in [-0.39, 0.29) is 12.8 Å². The number of fused-ring (bicyclic) bond motifs is 12. The number of nitrogens with zero attached hydrogens (tertiary/aromatic N) is 3. The molecule has 24 aromatic rings. The summed E-state index contributed by atoms with van der Waals surface area (Å²) < 4.78 is 5.86. The molecular weight excluding hydrogens is 1760 g/mol. The van der Waals surface area contributed by atoms with Crippen molar-refractivity contribution in [2.75, 3.05) is 10.2 Å². The van der Waals surface area contributed by atoms with Crippen molar-refractivity contribution in [2.45, 2.75) is 18.3 Å². The molecule has 2 aliphatic rings. The lowest BCUT2D eigenvalue weighted by Gasteiger charge is -2.35. The van der Waals surface area contributed by atoms with Gasteiger partial charge in [0.2, 0.25) is 0 Å². The van der Waals surface area contributed by atoms with Crippen molar-refractivity contribution in [3.63, 3.8) is 0 Å². The summed E-state index contributed by atoms with van der Waals surface area (Å²) >= 11 is 3.54. The van der Waals surface area contributed by atoms with Crippen LogP contribution in [0.25, 0.3) is 144 Å². The first kappa shape index (κ1) is 86.6. The summed E-state index contributed by atoms with van der Waals surface area (Å²) in [4.78, 5) is 2.40. The molecule has 664 valence electrons. The second-order valence-corrected chi connectivity index (χ2v) is 36.8. The largest absolute Gasteiger partial charge is 0.356 e. The topological polar surface area (TPSA) is 25.1 Å². The highest BCUT2D eigenvalue weighted by atomic mass is 79.9. The molecule has 0 bridgehead atoms. The van der Waals surface area contributed by atoms with Crippen molar-refractivity contribution < 1.29 is 0 Å². The van der Waals surface area contributed by atoms with Crippen molar-refractivity contribution in [3.8, 4) is 100 Å². The standard InChI is InChI=1S/C67H46N2.C36H24BrN.C31H23N.CH4/c1-5-18-47(19-6-1)48-32-39-57(40-33-48)69-65-31-16-14-29-61(65)62-45-52(36-43-66(62)69)51-21-17-20-50(44-51)49-34-37-56(38-35-49)68(55-26-11-4-12-27-55)58-41-42-60-59-28-13-15-30-63(59)67(64(60)46-58,53-22-7-2-8-23-53)54-24-9-3-10-25-54;37-31-18-13-27(14-19-31)28-9-6-10-29(23-28)30-17-22-36-34(24-30)33-11-4-5-12-35(33)38(36)32-20-15-26(16-21-32)25-7-2-1-3-8-25;1-4-12-23(13-5-1)31(24-14-6-2-7-15-24)29-19-11-10-18-27(29)28-21-20-26(22-30(28)31)32-25-16-8-3-9-17-25;/h1-46H;1-24H;1-22,32H;1H4. The van der Waals surface area contributed by atoms with Gasteiger partial charge in [-0.3, -0.25) is 0 Å². The minimum absolute atomic E-state index is 0. The third-order valence-electron chi connectivity index (χ3n) is 28.1. The maximum absolute atomic E-state index is 3.60. The zero-order valence-corrected chi connectivity index (χ0v) is 77.9. The molecule has 22 aromatic carbocycles. The van der Waals surface area contributed by atoms with Crippen LogP contribution in [0, 0.1) is 0 Å². The maximum atomic E-state index is 3.60. The lowest BCUT2D eigenvalue weighted by molar-refractivity contribution is 0.768. The molecule has 4 nitrogen and oxygen atoms in total. The summed E-state index contributed by atoms with van der Waals surface area (Å²) in [5.74, 6) is 0. The monoisotopic (exact) mass is 1850 g/mol. The first-order valence-electron chi connectivity index (χ1n) is 47.7. The molecule has 1 N–H and O–H groups in total. The van der Waals surface area contributed by atoms with Gasteiger partial charge in [-0.05, 0) is 279 Å². The summed E-state index contributed by atoms with van der Waals surface area (Å²) in [6.07, 6.45) is 0. The van der Waals surface area contributed by atoms with Crippen LogP contribution in [0.5, 0.6) is 0 Å². The van der Waals surface area contributed by atoms with Crippen LogP contribution in [0.2, 0.25) is 0 Å². The van der Waals surface area contributed by atoms with E-state index in [1.807, 2.05) is 6.07 Å². The first-order valence-corrected chi connectivity index (χ1v) is 48.5. The van der Waals surface area contributed by atoms with Gasteiger partial charge in [-0.1, -0.05) is 436 Å². The van der Waals surface area contributed by atoms with Gasteiger partial charge in [-0.15, -0.1) is 0 Å². The number of hydrogen-bond donors (Lipinski definition) is 1. The lowest BCUT2D eigenvalue weighted by Crippen LogP contribution is -2.28. The minimum atomic E-state index is -0.488. The van der Waals surface area contributed by atoms with Crippen molar-refractivity contribution in [1.82, 2.24) is 9.13 Å². The molecule has 0 saturated carbocycles. The Labute approximate surface area is 826 Å². The number of anilines is 5. The van der Waals surface area contributed by atoms with Crippen LogP contribution in [0.4, 0.5) is 28.4 Å². The SMILES string of the molecule is Brc1ccc(-c2cccc(-c3ccc4c(c3)c3ccccc3n4-c3ccc(-c4ccccc4)cc3)c2)cc1.C.c1ccc(-c2ccc(-n3c4ccccc4c4cc(-c5cccc(-c6ccc(N(c7ccccc7)c7ccc8c(c7)C(c7ccccc7)(c7ccccc7)c7ccccc7-8)cc6)c5)ccc43)cc2)cc1.c1ccc(Nc2ccc3c(c2)C(c2ccccc2)(c2ccccc2)c2ccccc2-3)cc1. The molecule has 0 radical (unpaired) electrons. The van der Waals surface area contributed by atoms with E-state index in [9.17, 15) is 0 Å². The minimum Gasteiger partial charge on any atom is -0.356 e. The number of rotatable bonds is 17. The van der Waals surface area contributed by atoms with E-state index < -0.39 is 5.41 Å². The Morgan fingerprint density at radius 3 is 0.921 bits per heavy atom. The molecule has 0 amide bonds. The van der Waals surface area contributed by atoms with Crippen LogP contribution in [0.3, 0.4) is 0 Å². The average Bonchev–Trinajstić information content (AvgIpc) is 1.54. The predicted molar refractivity (Wildman–Crippen MR) is 594 cm³/mol. The molecule has 0 atom stereocenters. The average molecular weight is 1860 g/mol. The van der Waals surface area contributed by atoms with Crippen molar-refractivity contribution in [3.05, 3.63) is 607 Å². The lowest BCUT2D eigenvalue weighted by atomic mass is 9.67. The van der Waals surface area contributed by atoms with Gasteiger partial charge in [-0.25, -0.2) is 0 Å². The van der Waals surface area contributed by atoms with Gasteiger partial charge >= 0.3 is 0 Å². The molecule has 2 aliphatic carbocycles. The highest BCUT2D eigenvalue weighted by Gasteiger charge is 2.48. The molecule has 2 aromatic heterocycles. The molecule has 0 aliphatic heterocycles. The third-order valence-corrected chi connectivity index (χ3v) is 28.6. The summed E-state index contributed by atoms with van der Waals surface area (Å²) in [6.45, 7) is 0. The smallest absolute Gasteiger partial charge is 0.0714 e. The zero-order chi connectivity index (χ0) is 92.6. The fourth-order valence-electron chi connectivity index (χ4n) is 21.7. The highest BCUT2D eigenvalue weighted by molar-refractivity contribution is 9.10. The van der Waals surface area contributed by atoms with Crippen molar-refractivity contribution in [2.24, 2.45) is 0 Å². The zero-order valence-electron chi connectivity index (χ0n) is 76.3. The van der Waals surface area contributed by atoms with Gasteiger partial charge in [-0.2, -0.15) is 0 Å². The third kappa shape index (κ3) is 15.8. The normalized spacial score (nSPS) is 12.2. The number of benzene rings is 22. The van der Waals surface area contributed by atoms with Gasteiger partial charge < -0.3 is 19.4 Å². The fraction of sp³-hybridized carbons (Fsp3) is 0.0222.